The lowest BCUT2D eigenvalue weighted by Gasteiger charge is -2.00. The quantitative estimate of drug-likeness (QED) is 0.783. The number of hydrogen-bond acceptors (Lipinski definition) is 4. The summed E-state index contributed by atoms with van der Waals surface area (Å²) in [5, 5.41) is 0. The molecular weight excluding hydrogens is 244 g/mol. The van der Waals surface area contributed by atoms with Crippen LogP contribution in [0.25, 0.3) is 17.4 Å². The summed E-state index contributed by atoms with van der Waals surface area (Å²) in [7, 11) is 0. The van der Waals surface area contributed by atoms with Gasteiger partial charge in [0.15, 0.2) is 17.3 Å². The fourth-order valence-electron chi connectivity index (χ4n) is 2.32. The molecule has 0 amide bonds. The summed E-state index contributed by atoms with van der Waals surface area (Å²) in [5.74, 6) is 2.56. The van der Waals surface area contributed by atoms with Crippen molar-refractivity contribution in [2.75, 3.05) is 6.79 Å². The molecule has 94 valence electrons. The van der Waals surface area contributed by atoms with E-state index in [2.05, 4.69) is 0 Å². The summed E-state index contributed by atoms with van der Waals surface area (Å²) in [6.07, 6.45) is 4.17. The van der Waals surface area contributed by atoms with Gasteiger partial charge in [-0.05, 0) is 24.3 Å². The van der Waals surface area contributed by atoms with Crippen molar-refractivity contribution >= 4 is 11.9 Å². The molecule has 4 nitrogen and oxygen atoms in total. The van der Waals surface area contributed by atoms with Crippen LogP contribution in [0.15, 0.2) is 34.8 Å². The standard InChI is InChI=1S/C15H10O4/c16-11-3-1-2-10-7-13(19-15(10)11)9-4-5-12-14(6-9)18-8-17-12/h1-2,4-7H,3,8H2. The lowest BCUT2D eigenvalue weighted by atomic mass is 10.0. The van der Waals surface area contributed by atoms with Gasteiger partial charge in [0.2, 0.25) is 12.6 Å². The highest BCUT2D eigenvalue weighted by molar-refractivity contribution is 6.01. The molecule has 0 saturated heterocycles. The van der Waals surface area contributed by atoms with Gasteiger partial charge in [0.1, 0.15) is 5.76 Å². The molecule has 19 heavy (non-hydrogen) atoms. The maximum absolute atomic E-state index is 11.7. The molecule has 4 rings (SSSR count). The summed E-state index contributed by atoms with van der Waals surface area (Å²) < 4.78 is 16.3. The van der Waals surface area contributed by atoms with Gasteiger partial charge in [0.05, 0.1) is 0 Å². The zero-order chi connectivity index (χ0) is 12.8. The van der Waals surface area contributed by atoms with Crippen LogP contribution in [0.4, 0.5) is 0 Å². The number of Topliss-reactive ketones (excluding diaryl/α,β-unsaturated/α-hetero) is 1. The van der Waals surface area contributed by atoms with Crippen molar-refractivity contribution in [1.82, 2.24) is 0 Å². The largest absolute Gasteiger partial charge is 0.454 e. The van der Waals surface area contributed by atoms with Gasteiger partial charge in [-0.25, -0.2) is 0 Å². The van der Waals surface area contributed by atoms with Gasteiger partial charge < -0.3 is 13.9 Å². The molecule has 4 heteroatoms. The number of allylic oxidation sites excluding steroid dienone is 1. The first-order valence-electron chi connectivity index (χ1n) is 6.05. The van der Waals surface area contributed by atoms with Crippen LogP contribution < -0.4 is 9.47 Å². The van der Waals surface area contributed by atoms with Crippen molar-refractivity contribution in [3.8, 4) is 22.8 Å². The van der Waals surface area contributed by atoms with Gasteiger partial charge in [-0.15, -0.1) is 0 Å². The van der Waals surface area contributed by atoms with E-state index in [4.69, 9.17) is 13.9 Å². The average Bonchev–Trinajstić information content (AvgIpc) is 3.04. The minimum atomic E-state index is 0.0180. The van der Waals surface area contributed by atoms with Gasteiger partial charge in [0.25, 0.3) is 0 Å². The molecule has 0 N–H and O–H groups in total. The summed E-state index contributed by atoms with van der Waals surface area (Å²) in [6.45, 7) is 0.245. The Hall–Kier alpha value is -2.49. The van der Waals surface area contributed by atoms with Gasteiger partial charge in [-0.2, -0.15) is 0 Å². The molecule has 1 aliphatic heterocycles. The molecule has 2 heterocycles. The average molecular weight is 254 g/mol. The second-order valence-corrected chi connectivity index (χ2v) is 4.49. The van der Waals surface area contributed by atoms with E-state index in [1.165, 1.54) is 0 Å². The first-order valence-corrected chi connectivity index (χ1v) is 6.05. The van der Waals surface area contributed by atoms with Crippen LogP contribution in [0.2, 0.25) is 0 Å². The van der Waals surface area contributed by atoms with E-state index in [1.54, 1.807) is 0 Å². The molecule has 0 fully saturated rings. The van der Waals surface area contributed by atoms with Crippen molar-refractivity contribution in [2.24, 2.45) is 0 Å². The molecule has 2 aliphatic rings. The Bertz CT molecular complexity index is 709. The van der Waals surface area contributed by atoms with Crippen LogP contribution in [0.1, 0.15) is 22.5 Å². The zero-order valence-electron chi connectivity index (χ0n) is 10.0. The fourth-order valence-corrected chi connectivity index (χ4v) is 2.32. The highest BCUT2D eigenvalue weighted by atomic mass is 16.7. The lowest BCUT2D eigenvalue weighted by Crippen LogP contribution is -2.00. The van der Waals surface area contributed by atoms with Crippen LogP contribution in [0, 0.1) is 0 Å². The highest BCUT2D eigenvalue weighted by Gasteiger charge is 2.21. The van der Waals surface area contributed by atoms with E-state index in [9.17, 15) is 4.79 Å². The lowest BCUT2D eigenvalue weighted by molar-refractivity contribution is 0.0968. The van der Waals surface area contributed by atoms with Crippen molar-refractivity contribution in [3.05, 3.63) is 41.7 Å². The Morgan fingerprint density at radius 2 is 1.95 bits per heavy atom. The van der Waals surface area contributed by atoms with Crippen molar-refractivity contribution < 1.29 is 18.7 Å². The monoisotopic (exact) mass is 254 g/mol. The number of rotatable bonds is 1. The number of carbonyl (C=O) groups excluding carboxylic acids is 1. The van der Waals surface area contributed by atoms with E-state index in [0.29, 0.717) is 23.7 Å². The number of carbonyl (C=O) groups is 1. The molecule has 0 spiro atoms. The number of fused-ring (bicyclic) bond motifs is 2. The molecule has 0 radical (unpaired) electrons. The first kappa shape index (κ1) is 10.4. The van der Waals surface area contributed by atoms with E-state index < -0.39 is 0 Å². The van der Waals surface area contributed by atoms with Crippen LogP contribution >= 0.6 is 0 Å². The maximum atomic E-state index is 11.7. The number of ketones is 1. The van der Waals surface area contributed by atoms with Crippen LogP contribution in [-0.4, -0.2) is 12.6 Å². The Morgan fingerprint density at radius 1 is 1.05 bits per heavy atom. The first-order chi connectivity index (χ1) is 9.31. The van der Waals surface area contributed by atoms with E-state index in [0.717, 1.165) is 16.9 Å². The normalized spacial score (nSPS) is 15.7. The van der Waals surface area contributed by atoms with Gasteiger partial charge in [-0.1, -0.05) is 12.2 Å². The van der Waals surface area contributed by atoms with Gasteiger partial charge >= 0.3 is 0 Å². The molecule has 1 aromatic carbocycles. The maximum Gasteiger partial charge on any atom is 0.231 e. The predicted molar refractivity (Wildman–Crippen MR) is 68.2 cm³/mol. The molecule has 2 aromatic rings. The van der Waals surface area contributed by atoms with Crippen molar-refractivity contribution in [2.45, 2.75) is 6.42 Å². The minimum Gasteiger partial charge on any atom is -0.454 e. The molecule has 0 unspecified atom stereocenters. The Kier molecular flexibility index (Phi) is 2.06. The highest BCUT2D eigenvalue weighted by Crippen LogP contribution is 2.37. The molecule has 0 atom stereocenters. The van der Waals surface area contributed by atoms with Crippen LogP contribution in [-0.2, 0) is 0 Å². The van der Waals surface area contributed by atoms with E-state index in [-0.39, 0.29) is 12.6 Å². The molecule has 0 saturated carbocycles. The number of ether oxygens (including phenoxy) is 2. The molecule has 1 aliphatic carbocycles. The Balaban J connectivity index is 1.81. The fraction of sp³-hybridized carbons (Fsp3) is 0.133. The van der Waals surface area contributed by atoms with Gasteiger partial charge in [-0.3, -0.25) is 4.79 Å². The van der Waals surface area contributed by atoms with Gasteiger partial charge in [0, 0.05) is 17.5 Å². The Labute approximate surface area is 109 Å². The topological polar surface area (TPSA) is 48.7 Å². The second kappa shape index (κ2) is 3.75. The van der Waals surface area contributed by atoms with Crippen LogP contribution in [0.5, 0.6) is 11.5 Å². The zero-order valence-corrected chi connectivity index (χ0v) is 10.0. The minimum absolute atomic E-state index is 0.0180. The van der Waals surface area contributed by atoms with E-state index in [1.807, 2.05) is 36.4 Å². The molecule has 1 aromatic heterocycles. The smallest absolute Gasteiger partial charge is 0.231 e. The van der Waals surface area contributed by atoms with Crippen molar-refractivity contribution in [3.63, 3.8) is 0 Å². The third-order valence-electron chi connectivity index (χ3n) is 3.27. The summed E-state index contributed by atoms with van der Waals surface area (Å²) in [5.41, 5.74) is 1.71. The summed E-state index contributed by atoms with van der Waals surface area (Å²) in [4.78, 5) is 11.7. The second-order valence-electron chi connectivity index (χ2n) is 4.49. The van der Waals surface area contributed by atoms with E-state index >= 15 is 0 Å². The number of hydrogen-bond donors (Lipinski definition) is 0. The third kappa shape index (κ3) is 1.57. The molecular formula is C15H10O4. The van der Waals surface area contributed by atoms with Crippen molar-refractivity contribution in [1.29, 1.82) is 0 Å². The summed E-state index contributed by atoms with van der Waals surface area (Å²) in [6, 6.07) is 7.48. The number of furan rings is 1. The Morgan fingerprint density at radius 3 is 2.84 bits per heavy atom. The molecule has 0 bridgehead atoms. The van der Waals surface area contributed by atoms with Crippen LogP contribution in [0.3, 0.4) is 0 Å². The number of benzene rings is 1. The third-order valence-corrected chi connectivity index (χ3v) is 3.27. The predicted octanol–water partition coefficient (Wildman–Crippen LogP) is 3.27. The SMILES string of the molecule is O=C1CC=Cc2cc(-c3ccc4c(c3)OCO4)oc21. The summed E-state index contributed by atoms with van der Waals surface area (Å²) >= 11 is 0.